The highest BCUT2D eigenvalue weighted by atomic mass is 19.4. The zero-order valence-electron chi connectivity index (χ0n) is 10.4. The van der Waals surface area contributed by atoms with Crippen LogP contribution in [0.1, 0.15) is 12.5 Å². The first-order chi connectivity index (χ1) is 8.84. The summed E-state index contributed by atoms with van der Waals surface area (Å²) in [6.45, 7) is 1.73. The Morgan fingerprint density at radius 3 is 2.42 bits per heavy atom. The first-order valence-electron chi connectivity index (χ1n) is 5.75. The van der Waals surface area contributed by atoms with E-state index in [9.17, 15) is 18.0 Å². The van der Waals surface area contributed by atoms with Crippen molar-refractivity contribution >= 4 is 5.97 Å². The SMILES string of the molecule is CCN(Cc1ccncc1)CC(C(=O)O)C(F)(F)F. The number of carboxylic acids is 1. The van der Waals surface area contributed by atoms with Crippen LogP contribution < -0.4 is 0 Å². The third kappa shape index (κ3) is 4.86. The Hall–Kier alpha value is -1.63. The van der Waals surface area contributed by atoms with E-state index in [-0.39, 0.29) is 6.54 Å². The van der Waals surface area contributed by atoms with Crippen molar-refractivity contribution in [2.45, 2.75) is 19.6 Å². The molecule has 1 aromatic heterocycles. The molecule has 1 aromatic rings. The van der Waals surface area contributed by atoms with Crippen LogP contribution in [0.15, 0.2) is 24.5 Å². The van der Waals surface area contributed by atoms with Crippen molar-refractivity contribution < 1.29 is 23.1 Å². The Morgan fingerprint density at radius 1 is 1.42 bits per heavy atom. The van der Waals surface area contributed by atoms with E-state index in [4.69, 9.17) is 5.11 Å². The number of halogens is 3. The molecular formula is C12H15F3N2O2. The zero-order chi connectivity index (χ0) is 14.5. The van der Waals surface area contributed by atoms with Crippen LogP contribution in [-0.4, -0.2) is 40.2 Å². The molecule has 1 N–H and O–H groups in total. The number of hydrogen-bond donors (Lipinski definition) is 1. The molecule has 0 aliphatic carbocycles. The second-order valence-corrected chi connectivity index (χ2v) is 4.12. The number of carbonyl (C=O) groups is 1. The van der Waals surface area contributed by atoms with Gasteiger partial charge in [0.05, 0.1) is 0 Å². The normalized spacial score (nSPS) is 13.5. The van der Waals surface area contributed by atoms with Gasteiger partial charge in [-0.2, -0.15) is 13.2 Å². The van der Waals surface area contributed by atoms with Gasteiger partial charge in [0.2, 0.25) is 0 Å². The third-order valence-corrected chi connectivity index (χ3v) is 2.74. The molecule has 0 radical (unpaired) electrons. The van der Waals surface area contributed by atoms with Gasteiger partial charge < -0.3 is 5.11 Å². The number of pyridine rings is 1. The molecule has 0 aliphatic heterocycles. The molecule has 0 saturated heterocycles. The van der Waals surface area contributed by atoms with Gasteiger partial charge in [-0.15, -0.1) is 0 Å². The summed E-state index contributed by atoms with van der Waals surface area (Å²) in [5, 5.41) is 8.66. The minimum absolute atomic E-state index is 0.263. The van der Waals surface area contributed by atoms with Crippen molar-refractivity contribution in [2.24, 2.45) is 5.92 Å². The zero-order valence-corrected chi connectivity index (χ0v) is 10.4. The van der Waals surface area contributed by atoms with E-state index in [1.165, 1.54) is 4.90 Å². The topological polar surface area (TPSA) is 53.4 Å². The lowest BCUT2D eigenvalue weighted by Gasteiger charge is -2.25. The number of nitrogens with zero attached hydrogens (tertiary/aromatic N) is 2. The molecule has 106 valence electrons. The van der Waals surface area contributed by atoms with Crippen molar-refractivity contribution in [3.05, 3.63) is 30.1 Å². The Labute approximate surface area is 108 Å². The Balaban J connectivity index is 2.73. The Kier molecular flexibility index (Phi) is 5.29. The second-order valence-electron chi connectivity index (χ2n) is 4.12. The molecule has 0 amide bonds. The lowest BCUT2D eigenvalue weighted by Crippen LogP contribution is -2.41. The van der Waals surface area contributed by atoms with Crippen molar-refractivity contribution in [3.63, 3.8) is 0 Å². The van der Waals surface area contributed by atoms with Crippen molar-refractivity contribution in [1.29, 1.82) is 0 Å². The third-order valence-electron chi connectivity index (χ3n) is 2.74. The van der Waals surface area contributed by atoms with Crippen LogP contribution in [0.25, 0.3) is 0 Å². The van der Waals surface area contributed by atoms with E-state index in [0.717, 1.165) is 5.56 Å². The molecule has 1 heterocycles. The van der Waals surface area contributed by atoms with Crippen molar-refractivity contribution in [1.82, 2.24) is 9.88 Å². The van der Waals surface area contributed by atoms with Crippen LogP contribution in [0.5, 0.6) is 0 Å². The highest BCUT2D eigenvalue weighted by molar-refractivity contribution is 5.71. The number of hydrogen-bond acceptors (Lipinski definition) is 3. The molecule has 0 saturated carbocycles. The summed E-state index contributed by atoms with van der Waals surface area (Å²) in [7, 11) is 0. The highest BCUT2D eigenvalue weighted by Crippen LogP contribution is 2.27. The largest absolute Gasteiger partial charge is 0.481 e. The molecule has 4 nitrogen and oxygen atoms in total. The average Bonchev–Trinajstić information content (AvgIpc) is 2.33. The van der Waals surface area contributed by atoms with Gasteiger partial charge in [0.1, 0.15) is 0 Å². The van der Waals surface area contributed by atoms with Gasteiger partial charge in [0.15, 0.2) is 5.92 Å². The van der Waals surface area contributed by atoms with Crippen LogP contribution in [0.4, 0.5) is 13.2 Å². The van der Waals surface area contributed by atoms with Gasteiger partial charge in [-0.1, -0.05) is 6.92 Å². The molecule has 0 aliphatic rings. The number of aromatic nitrogens is 1. The van der Waals surface area contributed by atoms with Gasteiger partial charge in [0.25, 0.3) is 0 Å². The highest BCUT2D eigenvalue weighted by Gasteiger charge is 2.45. The second kappa shape index (κ2) is 6.51. The van der Waals surface area contributed by atoms with Crippen molar-refractivity contribution in [2.75, 3.05) is 13.1 Å². The monoisotopic (exact) mass is 276 g/mol. The van der Waals surface area contributed by atoms with E-state index in [1.807, 2.05) is 0 Å². The Morgan fingerprint density at radius 2 is 2.00 bits per heavy atom. The summed E-state index contributed by atoms with van der Waals surface area (Å²) in [6, 6.07) is 3.37. The Bertz CT molecular complexity index is 409. The van der Waals surface area contributed by atoms with E-state index in [0.29, 0.717) is 6.54 Å². The molecule has 0 spiro atoms. The summed E-state index contributed by atoms with van der Waals surface area (Å²) in [6.07, 6.45) is -1.65. The van der Waals surface area contributed by atoms with Gasteiger partial charge in [-0.3, -0.25) is 14.7 Å². The van der Waals surface area contributed by atoms with Gasteiger partial charge in [-0.25, -0.2) is 0 Å². The molecule has 1 rings (SSSR count). The molecule has 7 heteroatoms. The number of aliphatic carboxylic acids is 1. The van der Waals surface area contributed by atoms with Crippen LogP contribution >= 0.6 is 0 Å². The van der Waals surface area contributed by atoms with E-state index >= 15 is 0 Å². The molecule has 0 aromatic carbocycles. The predicted octanol–water partition coefficient (Wildman–Crippen LogP) is 2.17. The molecule has 19 heavy (non-hydrogen) atoms. The van der Waals surface area contributed by atoms with E-state index < -0.39 is 24.6 Å². The average molecular weight is 276 g/mol. The number of alkyl halides is 3. The fraction of sp³-hybridized carbons (Fsp3) is 0.500. The maximum atomic E-state index is 12.6. The molecular weight excluding hydrogens is 261 g/mol. The van der Waals surface area contributed by atoms with Gasteiger partial charge in [0, 0.05) is 25.5 Å². The minimum Gasteiger partial charge on any atom is -0.481 e. The lowest BCUT2D eigenvalue weighted by molar-refractivity contribution is -0.196. The first-order valence-corrected chi connectivity index (χ1v) is 5.75. The number of carboxylic acid groups (broad SMARTS) is 1. The molecule has 0 fully saturated rings. The summed E-state index contributed by atoms with van der Waals surface area (Å²) >= 11 is 0. The summed E-state index contributed by atoms with van der Waals surface area (Å²) < 4.78 is 37.8. The van der Waals surface area contributed by atoms with Gasteiger partial charge in [-0.05, 0) is 24.2 Å². The fourth-order valence-electron chi connectivity index (χ4n) is 1.63. The summed E-state index contributed by atoms with van der Waals surface area (Å²) in [5.74, 6) is -4.21. The summed E-state index contributed by atoms with van der Waals surface area (Å²) in [5.41, 5.74) is 0.795. The smallest absolute Gasteiger partial charge is 0.403 e. The fourth-order valence-corrected chi connectivity index (χ4v) is 1.63. The molecule has 1 atom stereocenters. The van der Waals surface area contributed by atoms with E-state index in [2.05, 4.69) is 4.98 Å². The molecule has 1 unspecified atom stereocenters. The minimum atomic E-state index is -4.74. The molecule has 0 bridgehead atoms. The van der Waals surface area contributed by atoms with Crippen molar-refractivity contribution in [3.8, 4) is 0 Å². The lowest BCUT2D eigenvalue weighted by atomic mass is 10.1. The quantitative estimate of drug-likeness (QED) is 0.865. The number of rotatable bonds is 6. The van der Waals surface area contributed by atoms with Crippen LogP contribution in [0.3, 0.4) is 0 Å². The van der Waals surface area contributed by atoms with Crippen LogP contribution in [0.2, 0.25) is 0 Å². The predicted molar refractivity (Wildman–Crippen MR) is 62.4 cm³/mol. The maximum absolute atomic E-state index is 12.6. The van der Waals surface area contributed by atoms with Crippen LogP contribution in [-0.2, 0) is 11.3 Å². The first kappa shape index (κ1) is 15.4. The summed E-state index contributed by atoms with van der Waals surface area (Å²) in [4.78, 5) is 16.0. The standard InChI is InChI=1S/C12H15F3N2O2/c1-2-17(7-9-3-5-16-6-4-9)8-10(11(18)19)12(13,14)15/h3-6,10H,2,7-8H2,1H3,(H,18,19). The maximum Gasteiger partial charge on any atom is 0.403 e. The van der Waals surface area contributed by atoms with Gasteiger partial charge >= 0.3 is 12.1 Å². The van der Waals surface area contributed by atoms with Crippen LogP contribution in [0, 0.1) is 5.92 Å². The van der Waals surface area contributed by atoms with E-state index in [1.54, 1.807) is 31.5 Å².